The van der Waals surface area contributed by atoms with Crippen LogP contribution in [0.5, 0.6) is 5.75 Å². The van der Waals surface area contributed by atoms with Crippen molar-refractivity contribution < 1.29 is 23.8 Å². The van der Waals surface area contributed by atoms with Crippen LogP contribution in [0.15, 0.2) is 72.6 Å². The van der Waals surface area contributed by atoms with E-state index in [1.807, 2.05) is 13.0 Å². The molecule has 3 aromatic rings. The Morgan fingerprint density at radius 2 is 1.91 bits per heavy atom. The van der Waals surface area contributed by atoms with Gasteiger partial charge >= 0.3 is 0 Å². The normalized spacial score (nSPS) is 17.6. The summed E-state index contributed by atoms with van der Waals surface area (Å²) in [5, 5.41) is 11.2. The smallest absolute Gasteiger partial charge is 0.295 e. The summed E-state index contributed by atoms with van der Waals surface area (Å²) in [6.45, 7) is 1.94. The standard InChI is InChI=1S/C25H21FN2O4/c1-15-5-10-20(32-2)19(12-15)23(29)21-22(17-6-8-18(26)9-7-17)28(25(31)24(21)30)14-16-4-3-11-27-13-16/h3-13,22,29H,14H2,1-2H3/b23-21+. The van der Waals surface area contributed by atoms with Crippen molar-refractivity contribution in [3.8, 4) is 5.75 Å². The summed E-state index contributed by atoms with van der Waals surface area (Å²) in [6, 6.07) is 13.3. The molecule has 1 amide bonds. The van der Waals surface area contributed by atoms with Crippen molar-refractivity contribution in [1.82, 2.24) is 9.88 Å². The molecule has 1 aliphatic rings. The molecule has 4 rings (SSSR count). The van der Waals surface area contributed by atoms with Gasteiger partial charge in [-0.05, 0) is 48.4 Å². The molecule has 1 unspecified atom stereocenters. The quantitative estimate of drug-likeness (QED) is 0.372. The first kappa shape index (κ1) is 21.2. The maximum atomic E-state index is 13.6. The van der Waals surface area contributed by atoms with Crippen LogP contribution in [0.25, 0.3) is 5.76 Å². The van der Waals surface area contributed by atoms with Crippen molar-refractivity contribution >= 4 is 17.4 Å². The summed E-state index contributed by atoms with van der Waals surface area (Å²) in [5.74, 6) is -1.99. The number of carbonyl (C=O) groups is 2. The van der Waals surface area contributed by atoms with E-state index in [0.717, 1.165) is 11.1 Å². The van der Waals surface area contributed by atoms with Gasteiger partial charge in [0.1, 0.15) is 17.3 Å². The predicted octanol–water partition coefficient (Wildman–Crippen LogP) is 4.16. The third-order valence-corrected chi connectivity index (χ3v) is 5.41. The van der Waals surface area contributed by atoms with Gasteiger partial charge in [0.15, 0.2) is 0 Å². The number of amides is 1. The van der Waals surface area contributed by atoms with Gasteiger partial charge in [-0.2, -0.15) is 0 Å². The first-order valence-electron chi connectivity index (χ1n) is 9.98. The number of likely N-dealkylation sites (tertiary alicyclic amines) is 1. The lowest BCUT2D eigenvalue weighted by Gasteiger charge is -2.25. The average Bonchev–Trinajstić information content (AvgIpc) is 3.04. The van der Waals surface area contributed by atoms with Gasteiger partial charge in [-0.3, -0.25) is 14.6 Å². The minimum atomic E-state index is -0.902. The molecular weight excluding hydrogens is 411 g/mol. The molecule has 6 nitrogen and oxygen atoms in total. The number of nitrogens with zero attached hydrogens (tertiary/aromatic N) is 2. The number of benzene rings is 2. The molecule has 2 heterocycles. The average molecular weight is 432 g/mol. The molecule has 1 aromatic heterocycles. The molecule has 0 radical (unpaired) electrons. The number of carbonyl (C=O) groups excluding carboxylic acids is 2. The van der Waals surface area contributed by atoms with Crippen molar-refractivity contribution in [2.45, 2.75) is 19.5 Å². The van der Waals surface area contributed by atoms with Crippen LogP contribution in [-0.4, -0.2) is 33.8 Å². The Balaban J connectivity index is 1.91. The molecule has 1 saturated heterocycles. The SMILES string of the molecule is COc1ccc(C)cc1/C(O)=C1\C(=O)C(=O)N(Cc2cccnc2)C1c1ccc(F)cc1. The van der Waals surface area contributed by atoms with Gasteiger partial charge in [-0.15, -0.1) is 0 Å². The molecule has 1 aliphatic heterocycles. The Labute approximate surface area is 184 Å². The first-order chi connectivity index (χ1) is 15.4. The highest BCUT2D eigenvalue weighted by Gasteiger charge is 2.46. The van der Waals surface area contributed by atoms with Crippen LogP contribution in [0.3, 0.4) is 0 Å². The largest absolute Gasteiger partial charge is 0.507 e. The van der Waals surface area contributed by atoms with E-state index in [1.165, 1.54) is 36.3 Å². The van der Waals surface area contributed by atoms with Crippen molar-refractivity contribution in [2.75, 3.05) is 7.11 Å². The number of hydrogen-bond donors (Lipinski definition) is 1. The third kappa shape index (κ3) is 3.85. The minimum Gasteiger partial charge on any atom is -0.507 e. The number of halogens is 1. The van der Waals surface area contributed by atoms with Gasteiger partial charge in [0.2, 0.25) is 0 Å². The molecule has 0 spiro atoms. The second-order valence-electron chi connectivity index (χ2n) is 7.54. The maximum Gasteiger partial charge on any atom is 0.295 e. The summed E-state index contributed by atoms with van der Waals surface area (Å²) >= 11 is 0. The van der Waals surface area contributed by atoms with Crippen LogP contribution < -0.4 is 4.74 Å². The van der Waals surface area contributed by atoms with E-state index in [4.69, 9.17) is 4.74 Å². The first-order valence-corrected chi connectivity index (χ1v) is 9.98. The molecule has 0 bridgehead atoms. The molecule has 1 atom stereocenters. The lowest BCUT2D eigenvalue weighted by Crippen LogP contribution is -2.29. The zero-order valence-electron chi connectivity index (χ0n) is 17.6. The Morgan fingerprint density at radius 1 is 1.16 bits per heavy atom. The molecule has 162 valence electrons. The molecule has 7 heteroatoms. The molecule has 1 N–H and O–H groups in total. The number of hydrogen-bond acceptors (Lipinski definition) is 5. The number of aliphatic hydroxyl groups is 1. The summed E-state index contributed by atoms with van der Waals surface area (Å²) in [4.78, 5) is 31.6. The topological polar surface area (TPSA) is 79.7 Å². The van der Waals surface area contributed by atoms with Crippen LogP contribution in [0.4, 0.5) is 4.39 Å². The summed E-state index contributed by atoms with van der Waals surface area (Å²) in [6.07, 6.45) is 3.21. The highest BCUT2D eigenvalue weighted by atomic mass is 19.1. The fourth-order valence-electron chi connectivity index (χ4n) is 3.88. The van der Waals surface area contributed by atoms with Gasteiger partial charge in [-0.1, -0.05) is 29.8 Å². The number of ether oxygens (including phenoxy) is 1. The molecule has 0 saturated carbocycles. The van der Waals surface area contributed by atoms with Crippen LogP contribution in [0.2, 0.25) is 0 Å². The van der Waals surface area contributed by atoms with E-state index in [-0.39, 0.29) is 17.9 Å². The highest BCUT2D eigenvalue weighted by molar-refractivity contribution is 6.46. The molecule has 1 fully saturated rings. The zero-order valence-corrected chi connectivity index (χ0v) is 17.6. The maximum absolute atomic E-state index is 13.6. The minimum absolute atomic E-state index is 0.0746. The lowest BCUT2D eigenvalue weighted by atomic mass is 9.94. The Hall–Kier alpha value is -4.00. The number of ketones is 1. The molecule has 0 aliphatic carbocycles. The molecule has 2 aromatic carbocycles. The van der Waals surface area contributed by atoms with Crippen LogP contribution in [0, 0.1) is 12.7 Å². The number of rotatable bonds is 5. The van der Waals surface area contributed by atoms with E-state index >= 15 is 0 Å². The van der Waals surface area contributed by atoms with Crippen molar-refractivity contribution in [1.29, 1.82) is 0 Å². The predicted molar refractivity (Wildman–Crippen MR) is 116 cm³/mol. The molecule has 32 heavy (non-hydrogen) atoms. The van der Waals surface area contributed by atoms with E-state index in [9.17, 15) is 19.1 Å². The second kappa shape index (κ2) is 8.63. The molecular formula is C25H21FN2O4. The monoisotopic (exact) mass is 432 g/mol. The number of aryl methyl sites for hydroxylation is 1. The second-order valence-corrected chi connectivity index (χ2v) is 7.54. The van der Waals surface area contributed by atoms with Gasteiger partial charge in [-0.25, -0.2) is 4.39 Å². The number of pyridine rings is 1. The van der Waals surface area contributed by atoms with Gasteiger partial charge < -0.3 is 14.7 Å². The van der Waals surface area contributed by atoms with Gasteiger partial charge in [0, 0.05) is 18.9 Å². The van der Waals surface area contributed by atoms with Crippen molar-refractivity contribution in [3.63, 3.8) is 0 Å². The van der Waals surface area contributed by atoms with E-state index in [2.05, 4.69) is 4.98 Å². The van der Waals surface area contributed by atoms with E-state index < -0.39 is 23.5 Å². The summed E-state index contributed by atoms with van der Waals surface area (Å²) < 4.78 is 19.0. The van der Waals surface area contributed by atoms with Crippen LogP contribution in [0.1, 0.15) is 28.3 Å². The Bertz CT molecular complexity index is 1210. The number of aromatic nitrogens is 1. The lowest BCUT2D eigenvalue weighted by molar-refractivity contribution is -0.140. The fourth-order valence-corrected chi connectivity index (χ4v) is 3.88. The van der Waals surface area contributed by atoms with Gasteiger partial charge in [0.25, 0.3) is 11.7 Å². The van der Waals surface area contributed by atoms with Crippen LogP contribution >= 0.6 is 0 Å². The van der Waals surface area contributed by atoms with Crippen molar-refractivity contribution in [2.24, 2.45) is 0 Å². The van der Waals surface area contributed by atoms with Gasteiger partial charge in [0.05, 0.1) is 24.3 Å². The Morgan fingerprint density at radius 3 is 2.56 bits per heavy atom. The van der Waals surface area contributed by atoms with E-state index in [1.54, 1.807) is 36.7 Å². The van der Waals surface area contributed by atoms with Crippen LogP contribution in [-0.2, 0) is 16.1 Å². The van der Waals surface area contributed by atoms with E-state index in [0.29, 0.717) is 16.9 Å². The Kier molecular flexibility index (Phi) is 5.73. The zero-order chi connectivity index (χ0) is 22.8. The number of aliphatic hydroxyl groups excluding tert-OH is 1. The highest BCUT2D eigenvalue weighted by Crippen LogP contribution is 2.41. The summed E-state index contributed by atoms with van der Waals surface area (Å²) in [7, 11) is 1.46. The fraction of sp³-hybridized carbons (Fsp3) is 0.160. The van der Waals surface area contributed by atoms with Crippen molar-refractivity contribution in [3.05, 3.63) is 101 Å². The number of Topliss-reactive ketones (excluding diaryl/α,β-unsaturated/α-hetero) is 1. The summed E-state index contributed by atoms with van der Waals surface area (Å²) in [5.41, 5.74) is 2.29. The third-order valence-electron chi connectivity index (χ3n) is 5.41. The number of methoxy groups -OCH3 is 1.